The van der Waals surface area contributed by atoms with Crippen LogP contribution in [0.4, 0.5) is 11.4 Å². The lowest BCUT2D eigenvalue weighted by Gasteiger charge is -2.46. The smallest absolute Gasteiger partial charge is 0.151 e. The number of nitrogens with zero attached hydrogens (tertiary/aromatic N) is 1. The number of hydrogen-bond donors (Lipinski definition) is 0. The summed E-state index contributed by atoms with van der Waals surface area (Å²) in [6.45, 7) is 2.43. The first-order chi connectivity index (χ1) is 24.2. The molecular formula is C46H31NO2. The molecule has 2 heterocycles. The molecule has 49 heavy (non-hydrogen) atoms. The Hall–Kier alpha value is -6.06. The molecular weight excluding hydrogens is 599 g/mol. The number of benzene rings is 7. The van der Waals surface area contributed by atoms with Crippen LogP contribution in [-0.4, -0.2) is 0 Å². The van der Waals surface area contributed by atoms with Gasteiger partial charge in [0, 0.05) is 38.9 Å². The number of anilines is 2. The van der Waals surface area contributed by atoms with Crippen molar-refractivity contribution in [2.75, 3.05) is 4.90 Å². The lowest BCUT2D eigenvalue weighted by molar-refractivity contribution is 0.331. The van der Waals surface area contributed by atoms with E-state index >= 15 is 0 Å². The Labute approximate surface area is 285 Å². The highest BCUT2D eigenvalue weighted by Crippen LogP contribution is 2.68. The first kappa shape index (κ1) is 26.9. The Morgan fingerprint density at radius 1 is 0.510 bits per heavy atom. The molecule has 0 radical (unpaired) electrons. The molecule has 4 aliphatic rings. The van der Waals surface area contributed by atoms with Gasteiger partial charge < -0.3 is 14.4 Å². The summed E-state index contributed by atoms with van der Waals surface area (Å²) in [5.41, 5.74) is 7.52. The van der Waals surface area contributed by atoms with Crippen LogP contribution in [0.2, 0.25) is 0 Å². The van der Waals surface area contributed by atoms with Gasteiger partial charge in [-0.2, -0.15) is 0 Å². The minimum atomic E-state index is -0.484. The third kappa shape index (κ3) is 3.37. The lowest BCUT2D eigenvalue weighted by atomic mass is 9.58. The quantitative estimate of drug-likeness (QED) is 0.180. The van der Waals surface area contributed by atoms with Crippen LogP contribution in [0.1, 0.15) is 29.2 Å². The standard InChI is InChI=1S/C46H31NO2/c1-45-28-31(47-38-18-8-10-20-40(38)48-41-21-11-9-19-39(41)47)24-27-42(45)46(35-17-7-6-16-34(35)45)36-25-22-29-12-2-4-14-32(29)43(36)49-44-33-15-5-3-13-30(33)23-26-37(44)46/h2-28,42H,1H3. The zero-order chi connectivity index (χ0) is 32.3. The van der Waals surface area contributed by atoms with Gasteiger partial charge in [-0.15, -0.1) is 0 Å². The van der Waals surface area contributed by atoms with Crippen molar-refractivity contribution >= 4 is 32.9 Å². The fourth-order valence-electron chi connectivity index (χ4n) is 9.46. The van der Waals surface area contributed by atoms with E-state index in [9.17, 15) is 0 Å². The average molecular weight is 630 g/mol. The monoisotopic (exact) mass is 629 g/mol. The average Bonchev–Trinajstić information content (AvgIpc) is 3.38. The zero-order valence-corrected chi connectivity index (χ0v) is 26.9. The van der Waals surface area contributed by atoms with Gasteiger partial charge in [0.05, 0.1) is 16.8 Å². The minimum Gasteiger partial charge on any atom is -0.455 e. The number of rotatable bonds is 1. The van der Waals surface area contributed by atoms with E-state index in [0.717, 1.165) is 50.8 Å². The van der Waals surface area contributed by atoms with Crippen LogP contribution < -0.4 is 14.4 Å². The molecule has 2 unspecified atom stereocenters. The highest BCUT2D eigenvalue weighted by Gasteiger charge is 2.62. The van der Waals surface area contributed by atoms with E-state index in [2.05, 4.69) is 164 Å². The second kappa shape index (κ2) is 9.52. The summed E-state index contributed by atoms with van der Waals surface area (Å²) in [5.74, 6) is 3.71. The maximum atomic E-state index is 7.15. The van der Waals surface area contributed by atoms with Crippen molar-refractivity contribution in [1.82, 2.24) is 0 Å². The molecule has 232 valence electrons. The van der Waals surface area contributed by atoms with E-state index in [1.54, 1.807) is 0 Å². The van der Waals surface area contributed by atoms with Crippen LogP contribution in [-0.2, 0) is 10.8 Å². The molecule has 0 bridgehead atoms. The van der Waals surface area contributed by atoms with Gasteiger partial charge in [0.15, 0.2) is 11.5 Å². The molecule has 0 amide bonds. The normalized spacial score (nSPS) is 20.3. The van der Waals surface area contributed by atoms with Gasteiger partial charge in [-0.1, -0.05) is 134 Å². The topological polar surface area (TPSA) is 21.7 Å². The number of para-hydroxylation sites is 4. The Bertz CT molecular complexity index is 2480. The summed E-state index contributed by atoms with van der Waals surface area (Å²) in [4.78, 5) is 2.37. The molecule has 1 spiro atoms. The number of ether oxygens (including phenoxy) is 2. The lowest BCUT2D eigenvalue weighted by Crippen LogP contribution is -2.43. The predicted molar refractivity (Wildman–Crippen MR) is 197 cm³/mol. The molecule has 0 aromatic heterocycles. The molecule has 11 rings (SSSR count). The van der Waals surface area contributed by atoms with Crippen LogP contribution in [0, 0.1) is 5.92 Å². The van der Waals surface area contributed by atoms with Gasteiger partial charge in [0.2, 0.25) is 0 Å². The summed E-state index contributed by atoms with van der Waals surface area (Å²) < 4.78 is 13.5. The Kier molecular flexibility index (Phi) is 5.23. The molecule has 2 aliphatic heterocycles. The summed E-state index contributed by atoms with van der Waals surface area (Å²) in [6, 6.07) is 52.3. The molecule has 3 nitrogen and oxygen atoms in total. The summed E-state index contributed by atoms with van der Waals surface area (Å²) >= 11 is 0. The molecule has 7 aromatic carbocycles. The summed E-state index contributed by atoms with van der Waals surface area (Å²) in [7, 11) is 0. The van der Waals surface area contributed by atoms with Crippen molar-refractivity contribution in [2.24, 2.45) is 5.92 Å². The third-order valence-corrected chi connectivity index (χ3v) is 11.5. The molecule has 2 atom stereocenters. The Morgan fingerprint density at radius 3 is 1.67 bits per heavy atom. The number of hydrogen-bond acceptors (Lipinski definition) is 3. The van der Waals surface area contributed by atoms with E-state index in [0.29, 0.717) is 0 Å². The van der Waals surface area contributed by atoms with Gasteiger partial charge in [-0.25, -0.2) is 0 Å². The molecule has 3 heteroatoms. The van der Waals surface area contributed by atoms with Crippen molar-refractivity contribution < 1.29 is 9.47 Å². The van der Waals surface area contributed by atoms with Gasteiger partial charge in [-0.05, 0) is 58.3 Å². The van der Waals surface area contributed by atoms with E-state index < -0.39 is 5.41 Å². The van der Waals surface area contributed by atoms with Crippen LogP contribution in [0.15, 0.2) is 170 Å². The Balaban J connectivity index is 1.21. The van der Waals surface area contributed by atoms with E-state index in [1.807, 2.05) is 12.1 Å². The van der Waals surface area contributed by atoms with Gasteiger partial charge >= 0.3 is 0 Å². The summed E-state index contributed by atoms with van der Waals surface area (Å²) in [5, 5.41) is 4.64. The fourth-order valence-corrected chi connectivity index (χ4v) is 9.46. The van der Waals surface area contributed by atoms with Crippen molar-refractivity contribution in [1.29, 1.82) is 0 Å². The van der Waals surface area contributed by atoms with Crippen LogP contribution in [0.3, 0.4) is 0 Å². The minimum absolute atomic E-state index is 0.0800. The van der Waals surface area contributed by atoms with Crippen LogP contribution in [0.5, 0.6) is 23.0 Å². The maximum Gasteiger partial charge on any atom is 0.151 e. The number of fused-ring (bicyclic) bond motifs is 15. The predicted octanol–water partition coefficient (Wildman–Crippen LogP) is 11.7. The van der Waals surface area contributed by atoms with Crippen molar-refractivity contribution in [2.45, 2.75) is 17.8 Å². The second-order valence-corrected chi connectivity index (χ2v) is 13.8. The SMILES string of the molecule is CC12C=C(N3c4ccccc4Oc4ccccc43)C=CC1C1(c3ccccc32)c2ccc3ccccc3c2Oc2c1ccc1ccccc21. The first-order valence-corrected chi connectivity index (χ1v) is 17.1. The van der Waals surface area contributed by atoms with E-state index in [1.165, 1.54) is 33.0 Å². The number of allylic oxidation sites excluding steroid dienone is 3. The highest BCUT2D eigenvalue weighted by atomic mass is 16.5. The molecule has 2 aliphatic carbocycles. The second-order valence-electron chi connectivity index (χ2n) is 13.8. The van der Waals surface area contributed by atoms with Crippen molar-refractivity contribution in [3.05, 3.63) is 192 Å². The molecule has 0 saturated heterocycles. The van der Waals surface area contributed by atoms with Gasteiger partial charge in [-0.3, -0.25) is 0 Å². The molecule has 0 fully saturated rings. The molecule has 0 N–H and O–H groups in total. The van der Waals surface area contributed by atoms with E-state index in [-0.39, 0.29) is 11.3 Å². The van der Waals surface area contributed by atoms with Crippen LogP contribution >= 0.6 is 0 Å². The van der Waals surface area contributed by atoms with Crippen molar-refractivity contribution in [3.8, 4) is 23.0 Å². The van der Waals surface area contributed by atoms with Crippen molar-refractivity contribution in [3.63, 3.8) is 0 Å². The van der Waals surface area contributed by atoms with Gasteiger partial charge in [0.1, 0.15) is 11.5 Å². The van der Waals surface area contributed by atoms with Gasteiger partial charge in [0.25, 0.3) is 0 Å². The largest absolute Gasteiger partial charge is 0.455 e. The molecule has 0 saturated carbocycles. The molecule has 7 aromatic rings. The van der Waals surface area contributed by atoms with Crippen LogP contribution in [0.25, 0.3) is 21.5 Å². The maximum absolute atomic E-state index is 7.15. The summed E-state index contributed by atoms with van der Waals surface area (Å²) in [6.07, 6.45) is 7.34. The zero-order valence-electron chi connectivity index (χ0n) is 26.9. The Morgan fingerprint density at radius 2 is 1.04 bits per heavy atom. The first-order valence-electron chi connectivity index (χ1n) is 17.1. The third-order valence-electron chi connectivity index (χ3n) is 11.5. The fraction of sp³-hybridized carbons (Fsp3) is 0.0870. The van der Waals surface area contributed by atoms with E-state index in [4.69, 9.17) is 9.47 Å². The highest BCUT2D eigenvalue weighted by molar-refractivity contribution is 5.97.